The van der Waals surface area contributed by atoms with Gasteiger partial charge in [-0.05, 0) is 11.6 Å². The van der Waals surface area contributed by atoms with Gasteiger partial charge in [-0.25, -0.2) is 4.79 Å². The van der Waals surface area contributed by atoms with Crippen LogP contribution in [0, 0.1) is 0 Å². The van der Waals surface area contributed by atoms with E-state index in [-0.39, 0.29) is 5.70 Å². The van der Waals surface area contributed by atoms with Crippen LogP contribution in [-0.2, 0) is 9.53 Å². The van der Waals surface area contributed by atoms with Crippen molar-refractivity contribution in [3.63, 3.8) is 0 Å². The van der Waals surface area contributed by atoms with E-state index in [1.807, 2.05) is 0 Å². The van der Waals surface area contributed by atoms with Crippen molar-refractivity contribution in [3.05, 3.63) is 41.6 Å². The van der Waals surface area contributed by atoms with E-state index in [0.29, 0.717) is 5.56 Å². The molecule has 0 amide bonds. The molecule has 1 aromatic carbocycles. The number of ether oxygens (including phenoxy) is 1. The van der Waals surface area contributed by atoms with E-state index < -0.39 is 18.4 Å². The largest absolute Gasteiger partial charge is 0.445 e. The first-order valence-electron chi connectivity index (χ1n) is 5.17. The summed E-state index contributed by atoms with van der Waals surface area (Å²) in [6.07, 6.45) is -5.44. The number of carbonyl (C=O) groups excluding carboxylic acids is 1. The fraction of sp³-hybridized carbons (Fsp3) is 0.250. The number of hydrogen-bond acceptors (Lipinski definition) is 3. The number of halogens is 3. The van der Waals surface area contributed by atoms with Gasteiger partial charge in [0.25, 0.3) is 6.23 Å². The van der Waals surface area contributed by atoms with Gasteiger partial charge in [0.2, 0.25) is 0 Å². The Bertz CT molecular complexity index is 482. The summed E-state index contributed by atoms with van der Waals surface area (Å²) in [4.78, 5) is 12.2. The van der Waals surface area contributed by atoms with Crippen LogP contribution in [0.1, 0.15) is 5.56 Å². The Balaban J connectivity index is 2.30. The normalized spacial score (nSPS) is 22.4. The molecule has 0 bridgehead atoms. The van der Waals surface area contributed by atoms with Crippen molar-refractivity contribution < 1.29 is 22.7 Å². The quantitative estimate of drug-likeness (QED) is 0.571. The van der Waals surface area contributed by atoms with Crippen molar-refractivity contribution in [2.75, 3.05) is 7.05 Å². The molecule has 3 nitrogen and oxygen atoms in total. The van der Waals surface area contributed by atoms with Crippen molar-refractivity contribution in [3.8, 4) is 0 Å². The van der Waals surface area contributed by atoms with E-state index in [1.54, 1.807) is 30.3 Å². The third kappa shape index (κ3) is 2.32. The predicted molar refractivity (Wildman–Crippen MR) is 58.1 cm³/mol. The maximum atomic E-state index is 12.6. The standard InChI is InChI=1S/C12H10F3NO2/c1-16-9(7-8-5-3-2-4-6-8)10(17)18-11(16)12(13,14)15/h2-7,11H,1H3. The summed E-state index contributed by atoms with van der Waals surface area (Å²) in [5.41, 5.74) is 0.530. The summed E-state index contributed by atoms with van der Waals surface area (Å²) < 4.78 is 42.0. The number of hydrogen-bond donors (Lipinski definition) is 0. The van der Waals surface area contributed by atoms with Crippen molar-refractivity contribution >= 4 is 12.0 Å². The highest BCUT2D eigenvalue weighted by Crippen LogP contribution is 2.33. The Hall–Kier alpha value is -1.98. The molecule has 1 aromatic rings. The second-order valence-electron chi connectivity index (χ2n) is 3.85. The lowest BCUT2D eigenvalue weighted by molar-refractivity contribution is -0.234. The minimum absolute atomic E-state index is 0.108. The first kappa shape index (κ1) is 12.5. The van der Waals surface area contributed by atoms with E-state index in [0.717, 1.165) is 4.90 Å². The molecule has 18 heavy (non-hydrogen) atoms. The van der Waals surface area contributed by atoms with Gasteiger partial charge in [0, 0.05) is 7.05 Å². The van der Waals surface area contributed by atoms with Crippen LogP contribution >= 0.6 is 0 Å². The van der Waals surface area contributed by atoms with Crippen LogP contribution in [0.15, 0.2) is 36.0 Å². The van der Waals surface area contributed by atoms with Crippen LogP contribution in [0.4, 0.5) is 13.2 Å². The first-order valence-corrected chi connectivity index (χ1v) is 5.17. The van der Waals surface area contributed by atoms with Gasteiger partial charge in [-0.2, -0.15) is 13.2 Å². The smallest absolute Gasteiger partial charge is 0.427 e. The van der Waals surface area contributed by atoms with E-state index in [2.05, 4.69) is 4.74 Å². The molecule has 0 aromatic heterocycles. The lowest BCUT2D eigenvalue weighted by Crippen LogP contribution is -2.39. The molecule has 1 aliphatic rings. The number of nitrogens with zero attached hydrogens (tertiary/aromatic N) is 1. The van der Waals surface area contributed by atoms with Gasteiger partial charge in [0.05, 0.1) is 0 Å². The Labute approximate surface area is 101 Å². The maximum Gasteiger partial charge on any atom is 0.445 e. The number of alkyl halides is 3. The molecule has 1 unspecified atom stereocenters. The number of likely N-dealkylation sites (N-methyl/N-ethyl adjacent to an activating group) is 1. The summed E-state index contributed by atoms with van der Waals surface area (Å²) in [5, 5.41) is 0. The highest BCUT2D eigenvalue weighted by molar-refractivity contribution is 5.94. The van der Waals surface area contributed by atoms with Gasteiger partial charge in [-0.15, -0.1) is 0 Å². The van der Waals surface area contributed by atoms with Gasteiger partial charge >= 0.3 is 12.1 Å². The zero-order valence-corrected chi connectivity index (χ0v) is 9.44. The molecule has 1 heterocycles. The Morgan fingerprint density at radius 3 is 2.39 bits per heavy atom. The summed E-state index contributed by atoms with van der Waals surface area (Å²) in [6, 6.07) is 8.61. The second-order valence-corrected chi connectivity index (χ2v) is 3.85. The van der Waals surface area contributed by atoms with Crippen LogP contribution in [-0.4, -0.2) is 30.3 Å². The molecular weight excluding hydrogens is 247 g/mol. The second kappa shape index (κ2) is 4.36. The third-order valence-corrected chi connectivity index (χ3v) is 2.54. The highest BCUT2D eigenvalue weighted by atomic mass is 19.4. The fourth-order valence-electron chi connectivity index (χ4n) is 1.67. The molecule has 2 rings (SSSR count). The molecule has 0 aliphatic carbocycles. The zero-order chi connectivity index (χ0) is 13.3. The van der Waals surface area contributed by atoms with Crippen LogP contribution in [0.5, 0.6) is 0 Å². The number of cyclic esters (lactones) is 1. The third-order valence-electron chi connectivity index (χ3n) is 2.54. The average Bonchev–Trinajstić information content (AvgIpc) is 2.58. The van der Waals surface area contributed by atoms with Gasteiger partial charge in [0.15, 0.2) is 0 Å². The molecule has 0 spiro atoms. The summed E-state index contributed by atoms with van der Waals surface area (Å²) in [7, 11) is 1.18. The number of benzene rings is 1. The SMILES string of the molecule is CN1C(=Cc2ccccc2)C(=O)OC1C(F)(F)F. The average molecular weight is 257 g/mol. The number of esters is 1. The van der Waals surface area contributed by atoms with Crippen molar-refractivity contribution in [2.24, 2.45) is 0 Å². The Morgan fingerprint density at radius 2 is 1.89 bits per heavy atom. The zero-order valence-electron chi connectivity index (χ0n) is 9.44. The van der Waals surface area contributed by atoms with Gasteiger partial charge in [-0.3, -0.25) is 0 Å². The molecule has 0 N–H and O–H groups in total. The van der Waals surface area contributed by atoms with E-state index in [4.69, 9.17) is 0 Å². The summed E-state index contributed by atoms with van der Waals surface area (Å²) in [6.45, 7) is 0. The lowest BCUT2D eigenvalue weighted by Gasteiger charge is -2.21. The lowest BCUT2D eigenvalue weighted by atomic mass is 10.2. The fourth-order valence-corrected chi connectivity index (χ4v) is 1.67. The van der Waals surface area contributed by atoms with E-state index in [9.17, 15) is 18.0 Å². The minimum atomic E-state index is -4.60. The molecule has 1 saturated heterocycles. The predicted octanol–water partition coefficient (Wildman–Crippen LogP) is 2.40. The van der Waals surface area contributed by atoms with Crippen LogP contribution < -0.4 is 0 Å². The van der Waals surface area contributed by atoms with Crippen LogP contribution in [0.3, 0.4) is 0 Å². The van der Waals surface area contributed by atoms with Gasteiger partial charge in [0.1, 0.15) is 5.70 Å². The molecule has 96 valence electrons. The molecule has 0 radical (unpaired) electrons. The Kier molecular flexibility index (Phi) is 3.02. The molecule has 1 aliphatic heterocycles. The summed E-state index contributed by atoms with van der Waals surface area (Å²) >= 11 is 0. The van der Waals surface area contributed by atoms with Crippen LogP contribution in [0.2, 0.25) is 0 Å². The Morgan fingerprint density at radius 1 is 1.28 bits per heavy atom. The monoisotopic (exact) mass is 257 g/mol. The molecule has 1 atom stereocenters. The van der Waals surface area contributed by atoms with Crippen molar-refractivity contribution in [1.29, 1.82) is 0 Å². The van der Waals surface area contributed by atoms with Crippen LogP contribution in [0.25, 0.3) is 6.08 Å². The topological polar surface area (TPSA) is 29.5 Å². The molecule has 1 fully saturated rings. The van der Waals surface area contributed by atoms with E-state index in [1.165, 1.54) is 13.1 Å². The molecular formula is C12H10F3NO2. The van der Waals surface area contributed by atoms with Gasteiger partial charge < -0.3 is 9.64 Å². The summed E-state index contributed by atoms with van der Waals surface area (Å²) in [5.74, 6) is -0.969. The first-order chi connectivity index (χ1) is 8.39. The number of carbonyl (C=O) groups is 1. The molecule has 6 heteroatoms. The number of rotatable bonds is 1. The van der Waals surface area contributed by atoms with Crippen molar-refractivity contribution in [2.45, 2.75) is 12.4 Å². The van der Waals surface area contributed by atoms with E-state index >= 15 is 0 Å². The van der Waals surface area contributed by atoms with Gasteiger partial charge in [-0.1, -0.05) is 30.3 Å². The van der Waals surface area contributed by atoms with Crippen molar-refractivity contribution in [1.82, 2.24) is 4.90 Å². The maximum absolute atomic E-state index is 12.6. The minimum Gasteiger partial charge on any atom is -0.427 e. The molecule has 0 saturated carbocycles. The highest BCUT2D eigenvalue weighted by Gasteiger charge is 2.51.